The molecule has 1 aliphatic heterocycles. The minimum atomic E-state index is -1.10. The number of allylic oxidation sites excluding steroid dienone is 1. The van der Waals surface area contributed by atoms with Crippen LogP contribution in [-0.4, -0.2) is 52.6 Å². The molecule has 0 aromatic carbocycles. The number of hydrogen-bond donors (Lipinski definition) is 3. The van der Waals surface area contributed by atoms with Gasteiger partial charge in [0.15, 0.2) is 6.29 Å². The number of aliphatic hydroxyl groups is 3. The lowest BCUT2D eigenvalue weighted by molar-refractivity contribution is -0.196. The van der Waals surface area contributed by atoms with Crippen LogP contribution in [0.5, 0.6) is 0 Å². The van der Waals surface area contributed by atoms with E-state index in [0.717, 1.165) is 44.9 Å². The van der Waals surface area contributed by atoms with Crippen LogP contribution in [0.25, 0.3) is 0 Å². The van der Waals surface area contributed by atoms with Crippen molar-refractivity contribution < 1.29 is 24.8 Å². The van der Waals surface area contributed by atoms with Gasteiger partial charge in [0.2, 0.25) is 0 Å². The molecule has 5 atom stereocenters. The monoisotopic (exact) mass is 302 g/mol. The SMILES string of the molecule is C=CCCCC(CCCCC)O[C@H]1O[C@H](CO)[C@@H](O)[C@@H]1O. The molecule has 124 valence electrons. The zero-order valence-corrected chi connectivity index (χ0v) is 13.0. The summed E-state index contributed by atoms with van der Waals surface area (Å²) in [4.78, 5) is 0. The lowest BCUT2D eigenvalue weighted by Crippen LogP contribution is -2.36. The van der Waals surface area contributed by atoms with Crippen LogP contribution in [0.1, 0.15) is 51.9 Å². The quantitative estimate of drug-likeness (QED) is 0.400. The summed E-state index contributed by atoms with van der Waals surface area (Å²) < 4.78 is 11.2. The molecule has 1 fully saturated rings. The predicted molar refractivity (Wildman–Crippen MR) is 80.8 cm³/mol. The first-order chi connectivity index (χ1) is 10.1. The highest BCUT2D eigenvalue weighted by atomic mass is 16.7. The van der Waals surface area contributed by atoms with Crippen molar-refractivity contribution in [2.75, 3.05) is 6.61 Å². The molecule has 3 N–H and O–H groups in total. The molecule has 21 heavy (non-hydrogen) atoms. The highest BCUT2D eigenvalue weighted by Crippen LogP contribution is 2.25. The zero-order valence-electron chi connectivity index (χ0n) is 13.0. The van der Waals surface area contributed by atoms with Crippen molar-refractivity contribution in [3.05, 3.63) is 12.7 Å². The molecule has 1 aliphatic rings. The fraction of sp³-hybridized carbons (Fsp3) is 0.875. The lowest BCUT2D eigenvalue weighted by Gasteiger charge is -2.23. The van der Waals surface area contributed by atoms with Gasteiger partial charge in [-0.1, -0.05) is 32.3 Å². The highest BCUT2D eigenvalue weighted by Gasteiger charge is 2.43. The molecule has 5 nitrogen and oxygen atoms in total. The average Bonchev–Trinajstić information content (AvgIpc) is 2.75. The van der Waals surface area contributed by atoms with Crippen molar-refractivity contribution in [1.82, 2.24) is 0 Å². The van der Waals surface area contributed by atoms with Crippen LogP contribution < -0.4 is 0 Å². The number of hydrogen-bond acceptors (Lipinski definition) is 5. The largest absolute Gasteiger partial charge is 0.394 e. The van der Waals surface area contributed by atoms with Crippen LogP contribution in [0.3, 0.4) is 0 Å². The molecular formula is C16H30O5. The molecule has 0 aliphatic carbocycles. The average molecular weight is 302 g/mol. The van der Waals surface area contributed by atoms with Crippen molar-refractivity contribution >= 4 is 0 Å². The Labute approximate surface area is 127 Å². The van der Waals surface area contributed by atoms with Gasteiger partial charge in [-0.05, 0) is 25.7 Å². The Morgan fingerprint density at radius 3 is 2.48 bits per heavy atom. The predicted octanol–water partition coefficient (Wildman–Crippen LogP) is 1.75. The van der Waals surface area contributed by atoms with Gasteiger partial charge in [-0.3, -0.25) is 0 Å². The third-order valence-corrected chi connectivity index (χ3v) is 3.89. The summed E-state index contributed by atoms with van der Waals surface area (Å²) >= 11 is 0. The normalized spacial score (nSPS) is 30.5. The molecule has 0 radical (unpaired) electrons. The minimum absolute atomic E-state index is 0.000734. The maximum atomic E-state index is 9.92. The van der Waals surface area contributed by atoms with Crippen LogP contribution >= 0.6 is 0 Å². The van der Waals surface area contributed by atoms with Crippen LogP contribution in [0, 0.1) is 0 Å². The van der Waals surface area contributed by atoms with Gasteiger partial charge in [0, 0.05) is 0 Å². The first-order valence-electron chi connectivity index (χ1n) is 8.02. The number of rotatable bonds is 11. The third-order valence-electron chi connectivity index (χ3n) is 3.89. The molecular weight excluding hydrogens is 272 g/mol. The first-order valence-corrected chi connectivity index (χ1v) is 8.02. The number of ether oxygens (including phenoxy) is 2. The fourth-order valence-electron chi connectivity index (χ4n) is 2.56. The van der Waals surface area contributed by atoms with E-state index in [1.165, 1.54) is 0 Å². The Bertz CT molecular complexity index is 284. The molecule has 0 aromatic rings. The van der Waals surface area contributed by atoms with Gasteiger partial charge in [-0.25, -0.2) is 0 Å². The van der Waals surface area contributed by atoms with Crippen LogP contribution in [0.15, 0.2) is 12.7 Å². The Morgan fingerprint density at radius 1 is 1.19 bits per heavy atom. The van der Waals surface area contributed by atoms with Crippen molar-refractivity contribution in [3.8, 4) is 0 Å². The molecule has 1 heterocycles. The highest BCUT2D eigenvalue weighted by molar-refractivity contribution is 4.86. The van der Waals surface area contributed by atoms with E-state index >= 15 is 0 Å². The van der Waals surface area contributed by atoms with E-state index in [1.54, 1.807) is 0 Å². The lowest BCUT2D eigenvalue weighted by atomic mass is 10.0. The standard InChI is InChI=1S/C16H30O5/c1-3-5-7-9-12(10-8-6-4-2)20-16-15(19)14(18)13(11-17)21-16/h3,12-19H,1,4-11H2,2H3/t12?,13-,14-,15+,16+/m1/s1. The first kappa shape index (κ1) is 18.6. The van der Waals surface area contributed by atoms with Crippen LogP contribution in [-0.2, 0) is 9.47 Å². The van der Waals surface area contributed by atoms with E-state index in [0.29, 0.717) is 0 Å². The van der Waals surface area contributed by atoms with E-state index < -0.39 is 24.6 Å². The second-order valence-corrected chi connectivity index (χ2v) is 5.68. The smallest absolute Gasteiger partial charge is 0.186 e. The summed E-state index contributed by atoms with van der Waals surface area (Å²) in [7, 11) is 0. The molecule has 1 rings (SSSR count). The molecule has 0 saturated carbocycles. The zero-order chi connectivity index (χ0) is 15.7. The summed E-state index contributed by atoms with van der Waals surface area (Å²) in [5.74, 6) is 0. The summed E-state index contributed by atoms with van der Waals surface area (Å²) in [6, 6.07) is 0. The summed E-state index contributed by atoms with van der Waals surface area (Å²) in [6.07, 6.45) is 5.14. The van der Waals surface area contributed by atoms with Gasteiger partial charge in [0.25, 0.3) is 0 Å². The summed E-state index contributed by atoms with van der Waals surface area (Å²) in [5, 5.41) is 28.8. The fourth-order valence-corrected chi connectivity index (χ4v) is 2.56. The molecule has 0 aromatic heterocycles. The second-order valence-electron chi connectivity index (χ2n) is 5.68. The van der Waals surface area contributed by atoms with E-state index in [1.807, 2.05) is 6.08 Å². The Balaban J connectivity index is 2.47. The van der Waals surface area contributed by atoms with E-state index in [4.69, 9.17) is 14.6 Å². The molecule has 0 bridgehead atoms. The van der Waals surface area contributed by atoms with Gasteiger partial charge in [0.1, 0.15) is 18.3 Å². The van der Waals surface area contributed by atoms with Gasteiger partial charge in [-0.2, -0.15) is 0 Å². The van der Waals surface area contributed by atoms with Crippen molar-refractivity contribution in [2.24, 2.45) is 0 Å². The van der Waals surface area contributed by atoms with Crippen LogP contribution in [0.2, 0.25) is 0 Å². The van der Waals surface area contributed by atoms with Gasteiger partial charge in [0.05, 0.1) is 12.7 Å². The van der Waals surface area contributed by atoms with Gasteiger partial charge >= 0.3 is 0 Å². The Morgan fingerprint density at radius 2 is 1.90 bits per heavy atom. The second kappa shape index (κ2) is 10.3. The topological polar surface area (TPSA) is 79.2 Å². The molecule has 1 unspecified atom stereocenters. The Kier molecular flexibility index (Phi) is 9.11. The van der Waals surface area contributed by atoms with Gasteiger partial charge < -0.3 is 24.8 Å². The van der Waals surface area contributed by atoms with E-state index in [-0.39, 0.29) is 12.7 Å². The maximum Gasteiger partial charge on any atom is 0.186 e. The molecule has 1 saturated heterocycles. The maximum absolute atomic E-state index is 9.92. The van der Waals surface area contributed by atoms with Crippen molar-refractivity contribution in [1.29, 1.82) is 0 Å². The Hall–Kier alpha value is -0.460. The molecule has 0 spiro atoms. The summed E-state index contributed by atoms with van der Waals surface area (Å²) in [5.41, 5.74) is 0. The number of unbranched alkanes of at least 4 members (excludes halogenated alkanes) is 3. The van der Waals surface area contributed by atoms with Crippen molar-refractivity contribution in [3.63, 3.8) is 0 Å². The molecule has 0 amide bonds. The number of aliphatic hydroxyl groups excluding tert-OH is 3. The molecule has 5 heteroatoms. The van der Waals surface area contributed by atoms with E-state index in [2.05, 4.69) is 13.5 Å². The van der Waals surface area contributed by atoms with Crippen molar-refractivity contribution in [2.45, 2.75) is 82.6 Å². The van der Waals surface area contributed by atoms with Crippen LogP contribution in [0.4, 0.5) is 0 Å². The van der Waals surface area contributed by atoms with Gasteiger partial charge in [-0.15, -0.1) is 6.58 Å². The van der Waals surface area contributed by atoms with E-state index in [9.17, 15) is 10.2 Å². The minimum Gasteiger partial charge on any atom is -0.394 e. The third kappa shape index (κ3) is 6.04. The summed E-state index contributed by atoms with van der Waals surface area (Å²) in [6.45, 7) is 5.54.